The number of hydrogen-bond donors (Lipinski definition) is 2. The Bertz CT molecular complexity index is 399. The maximum atomic E-state index is 11.2. The molecule has 0 bridgehead atoms. The van der Waals surface area contributed by atoms with Crippen molar-refractivity contribution in [1.29, 1.82) is 0 Å². The van der Waals surface area contributed by atoms with Crippen LogP contribution >= 0.6 is 11.8 Å². The van der Waals surface area contributed by atoms with E-state index < -0.39 is 23.2 Å². The third kappa shape index (κ3) is 2.67. The van der Waals surface area contributed by atoms with Crippen molar-refractivity contribution in [3.63, 3.8) is 0 Å². The molecule has 17 heavy (non-hydrogen) atoms. The van der Waals surface area contributed by atoms with Crippen LogP contribution in [0.4, 0.5) is 0 Å². The van der Waals surface area contributed by atoms with E-state index >= 15 is 0 Å². The van der Waals surface area contributed by atoms with Crippen LogP contribution < -0.4 is 0 Å². The van der Waals surface area contributed by atoms with E-state index in [0.717, 1.165) is 6.08 Å². The molecule has 0 radical (unpaired) electrons. The summed E-state index contributed by atoms with van der Waals surface area (Å²) in [5.74, 6) is -2.40. The number of carbonyl (C=O) groups excluding carboxylic acids is 1. The van der Waals surface area contributed by atoms with Gasteiger partial charge in [0.15, 0.2) is 0 Å². The molecule has 2 fully saturated rings. The van der Waals surface area contributed by atoms with Crippen LogP contribution in [0.25, 0.3) is 0 Å². The average Bonchev–Trinajstić information content (AvgIpc) is 2.47. The number of β-lactam (4-membered cyclic amide) rings is 1. The fourth-order valence-electron chi connectivity index (χ4n) is 1.85. The minimum atomic E-state index is -1.12. The van der Waals surface area contributed by atoms with Crippen LogP contribution in [0, 0.1) is 0 Å². The Labute approximate surface area is 123 Å². The first-order chi connectivity index (χ1) is 7.50. The molecule has 0 saturated carbocycles. The number of carbonyl (C=O) groups is 3. The fourth-order valence-corrected chi connectivity index (χ4v) is 3.40. The van der Waals surface area contributed by atoms with E-state index in [9.17, 15) is 14.4 Å². The van der Waals surface area contributed by atoms with Crippen molar-refractivity contribution in [3.8, 4) is 0 Å². The number of hydrogen-bond acceptors (Lipinski definition) is 4. The predicted octanol–water partition coefficient (Wildman–Crippen LogP) is -0.894. The molecular formula is C9H10NNaO5S. The number of aliphatic carboxylic acids is 2. The van der Waals surface area contributed by atoms with Crippen molar-refractivity contribution in [3.05, 3.63) is 12.2 Å². The van der Waals surface area contributed by atoms with Gasteiger partial charge in [-0.15, -0.1) is 11.8 Å². The van der Waals surface area contributed by atoms with Gasteiger partial charge >= 0.3 is 41.5 Å². The monoisotopic (exact) mass is 267 g/mol. The standard InChI is InChI=1S/C9H9NO5S.Na.H/c11-5-3-6-10(5)8(9(14)15)4(16-6)1-2-7(12)13;;/h1-2,4,6,8H,3H2,(H,12,13)(H,14,15);;/t4?,6-,8?;;/m1../s1. The number of carboxylic acid groups (broad SMARTS) is 2. The SMILES string of the molecule is O=C(O)C=CC1S[C@@H]2CC(=O)N2C1C(=O)O.[NaH]. The van der Waals surface area contributed by atoms with Crippen LogP contribution in [0.5, 0.6) is 0 Å². The minimum absolute atomic E-state index is 0. The first-order valence-electron chi connectivity index (χ1n) is 4.61. The molecular weight excluding hydrogens is 257 g/mol. The van der Waals surface area contributed by atoms with Gasteiger partial charge in [-0.3, -0.25) is 4.79 Å². The summed E-state index contributed by atoms with van der Waals surface area (Å²) in [7, 11) is 0. The molecule has 2 saturated heterocycles. The summed E-state index contributed by atoms with van der Waals surface area (Å²) in [5, 5.41) is 16.9. The quantitative estimate of drug-likeness (QED) is 0.391. The second kappa shape index (κ2) is 5.43. The Balaban J connectivity index is 0.00000144. The molecule has 3 atom stereocenters. The van der Waals surface area contributed by atoms with Gasteiger partial charge in [0.1, 0.15) is 6.04 Å². The van der Waals surface area contributed by atoms with Gasteiger partial charge in [0.05, 0.1) is 17.0 Å². The van der Waals surface area contributed by atoms with E-state index in [0.29, 0.717) is 6.42 Å². The molecule has 0 spiro atoms. The summed E-state index contributed by atoms with van der Waals surface area (Å²) in [4.78, 5) is 33.9. The molecule has 2 N–H and O–H groups in total. The van der Waals surface area contributed by atoms with E-state index in [1.807, 2.05) is 0 Å². The second-order valence-corrected chi connectivity index (χ2v) is 4.90. The molecule has 6 nitrogen and oxygen atoms in total. The van der Waals surface area contributed by atoms with Crippen LogP contribution in [0.15, 0.2) is 12.2 Å². The number of fused-ring (bicyclic) bond motifs is 1. The fraction of sp³-hybridized carbons (Fsp3) is 0.444. The summed E-state index contributed by atoms with van der Waals surface area (Å²) in [5.41, 5.74) is 0. The van der Waals surface area contributed by atoms with E-state index in [-0.39, 0.29) is 40.8 Å². The molecule has 2 aliphatic rings. The summed E-state index contributed by atoms with van der Waals surface area (Å²) in [6, 6.07) is -0.938. The Morgan fingerprint density at radius 3 is 2.53 bits per heavy atom. The first kappa shape index (κ1) is 14.6. The van der Waals surface area contributed by atoms with Gasteiger partial charge in [-0.25, -0.2) is 9.59 Å². The van der Waals surface area contributed by atoms with E-state index in [1.165, 1.54) is 22.7 Å². The molecule has 2 rings (SSSR count). The number of rotatable bonds is 3. The summed E-state index contributed by atoms with van der Waals surface area (Å²) >= 11 is 1.32. The van der Waals surface area contributed by atoms with Crippen LogP contribution in [-0.2, 0) is 14.4 Å². The number of amides is 1. The van der Waals surface area contributed by atoms with Gasteiger partial charge in [-0.2, -0.15) is 0 Å². The molecule has 0 aromatic carbocycles. The molecule has 0 aliphatic carbocycles. The van der Waals surface area contributed by atoms with E-state index in [2.05, 4.69) is 0 Å². The molecule has 2 aliphatic heterocycles. The molecule has 8 heteroatoms. The third-order valence-corrected chi connectivity index (χ3v) is 3.99. The zero-order valence-electron chi connectivity index (χ0n) is 8.07. The summed E-state index contributed by atoms with van der Waals surface area (Å²) < 4.78 is 0. The molecule has 88 valence electrons. The number of nitrogens with zero attached hydrogens (tertiary/aromatic N) is 1. The number of thioether (sulfide) groups is 1. The van der Waals surface area contributed by atoms with Gasteiger partial charge in [0, 0.05) is 6.08 Å². The Hall–Kier alpha value is -0.500. The van der Waals surface area contributed by atoms with Gasteiger partial charge in [0.25, 0.3) is 0 Å². The van der Waals surface area contributed by atoms with Gasteiger partial charge in [-0.05, 0) is 0 Å². The zero-order valence-corrected chi connectivity index (χ0v) is 8.88. The average molecular weight is 267 g/mol. The van der Waals surface area contributed by atoms with Gasteiger partial charge < -0.3 is 15.1 Å². The molecule has 2 heterocycles. The summed E-state index contributed by atoms with van der Waals surface area (Å²) in [6.07, 6.45) is 2.59. The van der Waals surface area contributed by atoms with E-state index in [1.54, 1.807) is 0 Å². The van der Waals surface area contributed by atoms with Crippen molar-refractivity contribution in [2.45, 2.75) is 23.1 Å². The van der Waals surface area contributed by atoms with E-state index in [4.69, 9.17) is 10.2 Å². The second-order valence-electron chi connectivity index (χ2n) is 3.54. The Morgan fingerprint density at radius 1 is 1.41 bits per heavy atom. The van der Waals surface area contributed by atoms with Crippen molar-refractivity contribution in [2.75, 3.05) is 0 Å². The van der Waals surface area contributed by atoms with Crippen LogP contribution in [0.1, 0.15) is 6.42 Å². The molecule has 0 aromatic rings. The van der Waals surface area contributed by atoms with Crippen molar-refractivity contribution in [1.82, 2.24) is 4.90 Å². The summed E-state index contributed by atoms with van der Waals surface area (Å²) in [6.45, 7) is 0. The predicted molar refractivity (Wildman–Crippen MR) is 62.0 cm³/mol. The Kier molecular flexibility index (Phi) is 4.65. The van der Waals surface area contributed by atoms with Crippen LogP contribution in [0.2, 0.25) is 0 Å². The molecule has 1 amide bonds. The topological polar surface area (TPSA) is 94.9 Å². The molecule has 2 unspecified atom stereocenters. The Morgan fingerprint density at radius 2 is 2.06 bits per heavy atom. The van der Waals surface area contributed by atoms with Gasteiger partial charge in [-0.1, -0.05) is 6.08 Å². The maximum absolute atomic E-state index is 11.2. The number of carboxylic acids is 2. The van der Waals surface area contributed by atoms with Crippen LogP contribution in [0.3, 0.4) is 0 Å². The van der Waals surface area contributed by atoms with Crippen LogP contribution in [-0.4, -0.2) is 79.2 Å². The van der Waals surface area contributed by atoms with Crippen molar-refractivity contribution < 1.29 is 24.6 Å². The van der Waals surface area contributed by atoms with Crippen molar-refractivity contribution >= 4 is 59.2 Å². The van der Waals surface area contributed by atoms with Gasteiger partial charge in [0.2, 0.25) is 5.91 Å². The normalized spacial score (nSPS) is 30.7. The third-order valence-electron chi connectivity index (χ3n) is 2.55. The molecule has 0 aromatic heterocycles. The first-order valence-corrected chi connectivity index (χ1v) is 5.55. The van der Waals surface area contributed by atoms with Crippen molar-refractivity contribution in [2.24, 2.45) is 0 Å². The zero-order chi connectivity index (χ0) is 11.9.